The molecule has 104 valence electrons. The number of aryl methyl sites for hydroxylation is 1. The van der Waals surface area contributed by atoms with Gasteiger partial charge in [-0.1, -0.05) is 5.21 Å². The summed E-state index contributed by atoms with van der Waals surface area (Å²) in [5.74, 6) is -0.383. The van der Waals surface area contributed by atoms with Crippen LogP contribution in [-0.2, 0) is 22.7 Å². The van der Waals surface area contributed by atoms with Crippen LogP contribution in [0.15, 0.2) is 6.20 Å². The van der Waals surface area contributed by atoms with E-state index in [4.69, 9.17) is 5.11 Å². The molecule has 1 unspecified atom stereocenters. The van der Waals surface area contributed by atoms with Gasteiger partial charge in [0.2, 0.25) is 11.8 Å². The maximum atomic E-state index is 11.7. The first-order chi connectivity index (χ1) is 9.11. The molecule has 2 rings (SSSR count). The van der Waals surface area contributed by atoms with Crippen LogP contribution in [0.4, 0.5) is 0 Å². The second-order valence-corrected chi connectivity index (χ2v) is 4.48. The monoisotopic (exact) mass is 267 g/mol. The lowest BCUT2D eigenvalue weighted by Gasteiger charge is -2.09. The van der Waals surface area contributed by atoms with Crippen LogP contribution in [0.1, 0.15) is 18.5 Å². The van der Waals surface area contributed by atoms with Gasteiger partial charge in [-0.15, -0.1) is 5.10 Å². The van der Waals surface area contributed by atoms with Crippen molar-refractivity contribution >= 4 is 11.8 Å². The highest BCUT2D eigenvalue weighted by Crippen LogP contribution is 2.10. The Labute approximate surface area is 110 Å². The molecule has 8 heteroatoms. The van der Waals surface area contributed by atoms with Crippen LogP contribution in [0.5, 0.6) is 0 Å². The van der Waals surface area contributed by atoms with E-state index in [2.05, 4.69) is 15.6 Å². The molecule has 2 N–H and O–H groups in total. The molecule has 0 radical (unpaired) electrons. The zero-order valence-electron chi connectivity index (χ0n) is 10.7. The molecule has 1 fully saturated rings. The number of carbonyl (C=O) groups is 2. The molecule has 1 aliphatic heterocycles. The van der Waals surface area contributed by atoms with E-state index in [9.17, 15) is 9.59 Å². The van der Waals surface area contributed by atoms with Crippen molar-refractivity contribution in [2.24, 2.45) is 0 Å². The van der Waals surface area contributed by atoms with Crippen LogP contribution >= 0.6 is 0 Å². The van der Waals surface area contributed by atoms with Gasteiger partial charge in [0, 0.05) is 32.9 Å². The normalized spacial score (nSPS) is 19.5. The minimum Gasteiger partial charge on any atom is -0.396 e. The molecule has 2 amide bonds. The molecule has 1 aromatic heterocycles. The molecule has 0 aliphatic carbocycles. The van der Waals surface area contributed by atoms with Gasteiger partial charge in [-0.05, 0) is 6.42 Å². The van der Waals surface area contributed by atoms with E-state index in [1.54, 1.807) is 10.9 Å². The Balaban J connectivity index is 1.84. The maximum absolute atomic E-state index is 11.7. The van der Waals surface area contributed by atoms with Gasteiger partial charge in [-0.25, -0.2) is 0 Å². The number of aromatic nitrogens is 3. The van der Waals surface area contributed by atoms with Gasteiger partial charge < -0.3 is 5.11 Å². The molecule has 0 spiro atoms. The van der Waals surface area contributed by atoms with Crippen molar-refractivity contribution < 1.29 is 14.7 Å². The minimum absolute atomic E-state index is 0.110. The van der Waals surface area contributed by atoms with E-state index < -0.39 is 6.04 Å². The topological polar surface area (TPSA) is 100 Å². The molecule has 2 heterocycles. The van der Waals surface area contributed by atoms with E-state index in [1.807, 2.05) is 0 Å². The van der Waals surface area contributed by atoms with Crippen LogP contribution in [-0.4, -0.2) is 56.5 Å². The van der Waals surface area contributed by atoms with Gasteiger partial charge in [-0.3, -0.25) is 24.5 Å². The van der Waals surface area contributed by atoms with E-state index in [-0.39, 0.29) is 24.8 Å². The van der Waals surface area contributed by atoms with Crippen LogP contribution in [0.3, 0.4) is 0 Å². The predicted molar refractivity (Wildman–Crippen MR) is 64.7 cm³/mol. The fourth-order valence-electron chi connectivity index (χ4n) is 1.90. The lowest BCUT2D eigenvalue weighted by molar-refractivity contribution is -0.137. The van der Waals surface area contributed by atoms with Crippen LogP contribution < -0.4 is 5.32 Å². The standard InChI is InChI=1S/C11H17N5O3/c1-15-10(18)5-9(11(15)19)12-6-8-7-16(14-13-8)3-2-4-17/h7,9,12,17H,2-6H2,1H3. The molecule has 0 aromatic carbocycles. The molecule has 0 saturated carbocycles. The molecule has 0 bridgehead atoms. The number of nitrogens with one attached hydrogen (secondary N) is 1. The summed E-state index contributed by atoms with van der Waals surface area (Å²) < 4.78 is 1.64. The highest BCUT2D eigenvalue weighted by atomic mass is 16.3. The maximum Gasteiger partial charge on any atom is 0.246 e. The summed E-state index contributed by atoms with van der Waals surface area (Å²) in [5.41, 5.74) is 0.702. The number of hydrogen-bond acceptors (Lipinski definition) is 6. The zero-order chi connectivity index (χ0) is 13.8. The van der Waals surface area contributed by atoms with Crippen molar-refractivity contribution in [2.75, 3.05) is 13.7 Å². The number of likely N-dealkylation sites (tertiary alicyclic amines) is 1. The Morgan fingerprint density at radius 3 is 2.95 bits per heavy atom. The fourth-order valence-corrected chi connectivity index (χ4v) is 1.90. The van der Waals surface area contributed by atoms with E-state index in [0.29, 0.717) is 25.2 Å². The SMILES string of the molecule is CN1C(=O)CC(NCc2cn(CCCO)nn2)C1=O. The Morgan fingerprint density at radius 2 is 2.32 bits per heavy atom. The molecule has 1 atom stereocenters. The van der Waals surface area contributed by atoms with Crippen molar-refractivity contribution in [2.45, 2.75) is 32.0 Å². The average molecular weight is 267 g/mol. The Morgan fingerprint density at radius 1 is 1.53 bits per heavy atom. The van der Waals surface area contributed by atoms with Crippen molar-refractivity contribution in [3.63, 3.8) is 0 Å². The largest absolute Gasteiger partial charge is 0.396 e. The molecule has 19 heavy (non-hydrogen) atoms. The van der Waals surface area contributed by atoms with Gasteiger partial charge in [0.15, 0.2) is 0 Å². The first-order valence-corrected chi connectivity index (χ1v) is 6.15. The van der Waals surface area contributed by atoms with Gasteiger partial charge in [-0.2, -0.15) is 0 Å². The minimum atomic E-state index is -0.472. The molecule has 1 aromatic rings. The van der Waals surface area contributed by atoms with E-state index in [0.717, 1.165) is 4.90 Å². The summed E-state index contributed by atoms with van der Waals surface area (Å²) in [4.78, 5) is 24.1. The van der Waals surface area contributed by atoms with Crippen molar-refractivity contribution in [1.29, 1.82) is 0 Å². The fraction of sp³-hybridized carbons (Fsp3) is 0.636. The van der Waals surface area contributed by atoms with Crippen molar-refractivity contribution in [3.05, 3.63) is 11.9 Å². The zero-order valence-corrected chi connectivity index (χ0v) is 10.7. The number of likely N-dealkylation sites (N-methyl/N-ethyl adjacent to an activating group) is 1. The van der Waals surface area contributed by atoms with Gasteiger partial charge in [0.05, 0.1) is 18.2 Å². The lowest BCUT2D eigenvalue weighted by Crippen LogP contribution is -2.36. The number of carbonyl (C=O) groups excluding carboxylic acids is 2. The molecule has 1 aliphatic rings. The average Bonchev–Trinajstić information content (AvgIpc) is 2.95. The van der Waals surface area contributed by atoms with Crippen LogP contribution in [0, 0.1) is 0 Å². The quantitative estimate of drug-likeness (QED) is 0.609. The Bertz CT molecular complexity index is 473. The summed E-state index contributed by atoms with van der Waals surface area (Å²) in [6.07, 6.45) is 2.57. The van der Waals surface area contributed by atoms with Gasteiger partial charge >= 0.3 is 0 Å². The number of nitrogens with zero attached hydrogens (tertiary/aromatic N) is 4. The second kappa shape index (κ2) is 5.89. The van der Waals surface area contributed by atoms with E-state index >= 15 is 0 Å². The Hall–Kier alpha value is -1.80. The highest BCUT2D eigenvalue weighted by Gasteiger charge is 2.35. The third-order valence-corrected chi connectivity index (χ3v) is 3.04. The number of aliphatic hydroxyl groups is 1. The van der Waals surface area contributed by atoms with E-state index in [1.165, 1.54) is 7.05 Å². The summed E-state index contributed by atoms with van der Waals surface area (Å²) in [7, 11) is 1.48. The predicted octanol–water partition coefficient (Wildman–Crippen LogP) is -1.49. The molecular formula is C11H17N5O3. The third kappa shape index (κ3) is 3.15. The molecule has 8 nitrogen and oxygen atoms in total. The van der Waals surface area contributed by atoms with Crippen LogP contribution in [0.25, 0.3) is 0 Å². The van der Waals surface area contributed by atoms with Crippen LogP contribution in [0.2, 0.25) is 0 Å². The number of hydrogen-bond donors (Lipinski definition) is 2. The smallest absolute Gasteiger partial charge is 0.246 e. The third-order valence-electron chi connectivity index (χ3n) is 3.04. The Kier molecular flexibility index (Phi) is 4.23. The molecule has 1 saturated heterocycles. The first kappa shape index (κ1) is 13.6. The number of aliphatic hydroxyl groups excluding tert-OH is 1. The highest BCUT2D eigenvalue weighted by molar-refractivity contribution is 6.05. The number of rotatable bonds is 6. The summed E-state index contributed by atoms with van der Waals surface area (Å²) in [5, 5.41) is 19.6. The molecular weight excluding hydrogens is 250 g/mol. The van der Waals surface area contributed by atoms with Crippen molar-refractivity contribution in [3.8, 4) is 0 Å². The number of amides is 2. The van der Waals surface area contributed by atoms with Gasteiger partial charge in [0.1, 0.15) is 0 Å². The summed E-state index contributed by atoms with van der Waals surface area (Å²) in [6, 6.07) is -0.472. The van der Waals surface area contributed by atoms with Gasteiger partial charge in [0.25, 0.3) is 0 Å². The summed E-state index contributed by atoms with van der Waals surface area (Å²) in [6.45, 7) is 1.10. The lowest BCUT2D eigenvalue weighted by atomic mass is 10.2. The first-order valence-electron chi connectivity index (χ1n) is 6.15. The second-order valence-electron chi connectivity index (χ2n) is 4.48. The number of imide groups is 1. The summed E-state index contributed by atoms with van der Waals surface area (Å²) >= 11 is 0. The van der Waals surface area contributed by atoms with Crippen molar-refractivity contribution in [1.82, 2.24) is 25.2 Å².